The van der Waals surface area contributed by atoms with Gasteiger partial charge in [0, 0.05) is 24.7 Å². The van der Waals surface area contributed by atoms with Gasteiger partial charge in [-0.3, -0.25) is 4.79 Å². The average molecular weight is 288 g/mol. The van der Waals surface area contributed by atoms with E-state index in [0.29, 0.717) is 18.7 Å². The first-order chi connectivity index (χ1) is 9.02. The van der Waals surface area contributed by atoms with Crippen LogP contribution in [0.3, 0.4) is 0 Å². The van der Waals surface area contributed by atoms with Gasteiger partial charge in [-0.15, -0.1) is 0 Å². The molecule has 4 nitrogen and oxygen atoms in total. The molecule has 0 amide bonds. The maximum atomic E-state index is 12.9. The van der Waals surface area contributed by atoms with E-state index < -0.39 is 11.6 Å². The Morgan fingerprint density at radius 2 is 2.11 bits per heavy atom. The van der Waals surface area contributed by atoms with E-state index in [1.807, 2.05) is 0 Å². The molecule has 0 unspecified atom stereocenters. The lowest BCUT2D eigenvalue weighted by molar-refractivity contribution is -0.140. The molecule has 0 heterocycles. The third-order valence-corrected chi connectivity index (χ3v) is 2.49. The molecule has 0 fully saturated rings. The van der Waals surface area contributed by atoms with Gasteiger partial charge in [0.15, 0.2) is 16.7 Å². The highest BCUT2D eigenvalue weighted by molar-refractivity contribution is 7.80. The Bertz CT molecular complexity index is 469. The first kappa shape index (κ1) is 15.3. The van der Waals surface area contributed by atoms with Crippen molar-refractivity contribution in [3.8, 4) is 0 Å². The van der Waals surface area contributed by atoms with Gasteiger partial charge in [-0.2, -0.15) is 0 Å². The predicted octanol–water partition coefficient (Wildman–Crippen LogP) is 2.20. The number of halogens is 2. The zero-order chi connectivity index (χ0) is 14.3. The highest BCUT2D eigenvalue weighted by atomic mass is 32.1. The number of anilines is 1. The van der Waals surface area contributed by atoms with Gasteiger partial charge < -0.3 is 15.4 Å². The van der Waals surface area contributed by atoms with Crippen LogP contribution in [0.2, 0.25) is 0 Å². The maximum Gasteiger partial charge on any atom is 0.305 e. The third-order valence-electron chi connectivity index (χ3n) is 2.25. The molecule has 0 atom stereocenters. The summed E-state index contributed by atoms with van der Waals surface area (Å²) in [5.74, 6) is -2.15. The molecule has 2 N–H and O–H groups in total. The van der Waals surface area contributed by atoms with E-state index in [1.54, 1.807) is 0 Å². The number of benzene rings is 1. The normalized spacial score (nSPS) is 9.84. The first-order valence-corrected chi connectivity index (χ1v) is 6.00. The largest absolute Gasteiger partial charge is 0.469 e. The highest BCUT2D eigenvalue weighted by Crippen LogP contribution is 2.12. The quantitative estimate of drug-likeness (QED) is 0.494. The molecule has 0 aliphatic rings. The van der Waals surface area contributed by atoms with Gasteiger partial charge in [-0.1, -0.05) is 0 Å². The first-order valence-electron chi connectivity index (χ1n) is 5.59. The van der Waals surface area contributed by atoms with Crippen LogP contribution in [0.5, 0.6) is 0 Å². The Kier molecular flexibility index (Phi) is 6.14. The number of hydrogen-bond acceptors (Lipinski definition) is 3. The molecular formula is C12H14F2N2O2S. The molecule has 19 heavy (non-hydrogen) atoms. The van der Waals surface area contributed by atoms with E-state index in [-0.39, 0.29) is 17.5 Å². The molecule has 0 spiro atoms. The summed E-state index contributed by atoms with van der Waals surface area (Å²) in [4.78, 5) is 10.8. The van der Waals surface area contributed by atoms with Gasteiger partial charge in [0.25, 0.3) is 0 Å². The molecule has 0 bridgehead atoms. The highest BCUT2D eigenvalue weighted by Gasteiger charge is 2.04. The smallest absolute Gasteiger partial charge is 0.305 e. The van der Waals surface area contributed by atoms with Gasteiger partial charge in [-0.25, -0.2) is 8.78 Å². The maximum absolute atomic E-state index is 12.9. The molecule has 7 heteroatoms. The molecule has 0 saturated heterocycles. The van der Waals surface area contributed by atoms with Gasteiger partial charge in [0.2, 0.25) is 0 Å². The summed E-state index contributed by atoms with van der Waals surface area (Å²) in [7, 11) is 1.32. The summed E-state index contributed by atoms with van der Waals surface area (Å²) >= 11 is 4.96. The third kappa shape index (κ3) is 5.60. The molecule has 0 aliphatic heterocycles. The van der Waals surface area contributed by atoms with Crippen molar-refractivity contribution in [3.63, 3.8) is 0 Å². The van der Waals surface area contributed by atoms with Crippen LogP contribution < -0.4 is 10.6 Å². The summed E-state index contributed by atoms with van der Waals surface area (Å²) in [6, 6.07) is 3.40. The summed E-state index contributed by atoms with van der Waals surface area (Å²) in [6.07, 6.45) is 0.851. The molecule has 104 valence electrons. The van der Waals surface area contributed by atoms with Crippen molar-refractivity contribution < 1.29 is 18.3 Å². The number of esters is 1. The monoisotopic (exact) mass is 288 g/mol. The topological polar surface area (TPSA) is 50.4 Å². The van der Waals surface area contributed by atoms with Crippen LogP contribution in [-0.4, -0.2) is 24.7 Å². The lowest BCUT2D eigenvalue weighted by Crippen LogP contribution is -2.29. The molecule has 0 radical (unpaired) electrons. The number of carbonyl (C=O) groups is 1. The number of rotatable bonds is 5. The van der Waals surface area contributed by atoms with Crippen molar-refractivity contribution in [1.82, 2.24) is 5.32 Å². The number of nitrogens with one attached hydrogen (secondary N) is 2. The van der Waals surface area contributed by atoms with Crippen LogP contribution in [-0.2, 0) is 9.53 Å². The standard InChI is InChI=1S/C12H14F2N2O2S/c1-18-11(17)3-2-6-15-12(19)16-8-4-5-9(13)10(14)7-8/h4-5,7H,2-3,6H2,1H3,(H2,15,16,19). The molecule has 1 rings (SSSR count). The number of methoxy groups -OCH3 is 1. The second kappa shape index (κ2) is 7.63. The minimum absolute atomic E-state index is 0.274. The summed E-state index contributed by atoms with van der Waals surface area (Å²) in [5.41, 5.74) is 0.351. The van der Waals surface area contributed by atoms with E-state index in [9.17, 15) is 13.6 Å². The fourth-order valence-electron chi connectivity index (χ4n) is 1.29. The van der Waals surface area contributed by atoms with Gasteiger partial charge >= 0.3 is 5.97 Å². The number of ether oxygens (including phenoxy) is 1. The summed E-state index contributed by atoms with van der Waals surface area (Å²) < 4.78 is 30.1. The lowest BCUT2D eigenvalue weighted by atomic mass is 10.3. The van der Waals surface area contributed by atoms with Crippen LogP contribution >= 0.6 is 12.2 Å². The molecule has 0 aromatic heterocycles. The number of carbonyl (C=O) groups excluding carboxylic acids is 1. The zero-order valence-corrected chi connectivity index (χ0v) is 11.2. The second-order valence-corrected chi connectivity index (χ2v) is 4.10. The van der Waals surface area contributed by atoms with E-state index >= 15 is 0 Å². The molecule has 0 saturated carbocycles. The Morgan fingerprint density at radius 1 is 1.37 bits per heavy atom. The van der Waals surface area contributed by atoms with Crippen LogP contribution in [0.1, 0.15) is 12.8 Å². The van der Waals surface area contributed by atoms with Gasteiger partial charge in [-0.05, 0) is 30.8 Å². The van der Waals surface area contributed by atoms with Gasteiger partial charge in [0.1, 0.15) is 0 Å². The molecular weight excluding hydrogens is 274 g/mol. The summed E-state index contributed by atoms with van der Waals surface area (Å²) in [5, 5.41) is 5.82. The van der Waals surface area contributed by atoms with Crippen molar-refractivity contribution in [2.75, 3.05) is 19.0 Å². The van der Waals surface area contributed by atoms with E-state index in [4.69, 9.17) is 12.2 Å². The van der Waals surface area contributed by atoms with E-state index in [2.05, 4.69) is 15.4 Å². The average Bonchev–Trinajstić information content (AvgIpc) is 2.38. The Balaban J connectivity index is 2.31. The molecule has 0 aliphatic carbocycles. The van der Waals surface area contributed by atoms with Crippen LogP contribution in [0.15, 0.2) is 18.2 Å². The Morgan fingerprint density at radius 3 is 2.74 bits per heavy atom. The minimum atomic E-state index is -0.946. The van der Waals surface area contributed by atoms with Crippen molar-refractivity contribution in [1.29, 1.82) is 0 Å². The fraction of sp³-hybridized carbons (Fsp3) is 0.333. The second-order valence-electron chi connectivity index (χ2n) is 3.69. The van der Waals surface area contributed by atoms with Crippen molar-refractivity contribution in [2.45, 2.75) is 12.8 Å². The lowest BCUT2D eigenvalue weighted by Gasteiger charge is -2.10. The van der Waals surface area contributed by atoms with Crippen molar-refractivity contribution in [3.05, 3.63) is 29.8 Å². The SMILES string of the molecule is COC(=O)CCCNC(=S)Nc1ccc(F)c(F)c1. The minimum Gasteiger partial charge on any atom is -0.469 e. The molecule has 1 aromatic carbocycles. The fourth-order valence-corrected chi connectivity index (χ4v) is 1.51. The Hall–Kier alpha value is -1.76. The van der Waals surface area contributed by atoms with Crippen molar-refractivity contribution in [2.24, 2.45) is 0 Å². The van der Waals surface area contributed by atoms with Crippen LogP contribution in [0.25, 0.3) is 0 Å². The van der Waals surface area contributed by atoms with Crippen LogP contribution in [0, 0.1) is 11.6 Å². The molecule has 1 aromatic rings. The van der Waals surface area contributed by atoms with E-state index in [0.717, 1.165) is 12.1 Å². The van der Waals surface area contributed by atoms with Crippen LogP contribution in [0.4, 0.5) is 14.5 Å². The zero-order valence-electron chi connectivity index (χ0n) is 10.3. The van der Waals surface area contributed by atoms with Crippen molar-refractivity contribution >= 4 is 29.0 Å². The predicted molar refractivity (Wildman–Crippen MR) is 71.8 cm³/mol. The number of hydrogen-bond donors (Lipinski definition) is 2. The van der Waals surface area contributed by atoms with E-state index in [1.165, 1.54) is 13.2 Å². The Labute approximate surface area is 115 Å². The summed E-state index contributed by atoms with van der Waals surface area (Å²) in [6.45, 7) is 0.477. The number of thiocarbonyl (C=S) groups is 1. The van der Waals surface area contributed by atoms with Gasteiger partial charge in [0.05, 0.1) is 7.11 Å².